The fraction of sp³-hybridized carbons (Fsp3) is 0.600. The molecule has 1 atom stereocenters. The molecular formula is C10H15N3O. The molecule has 2 heterocycles. The summed E-state index contributed by atoms with van der Waals surface area (Å²) in [5.74, 6) is 0.920. The van der Waals surface area contributed by atoms with Crippen LogP contribution in [0.1, 0.15) is 18.5 Å². The fourth-order valence-electron chi connectivity index (χ4n) is 1.99. The van der Waals surface area contributed by atoms with Crippen molar-refractivity contribution in [1.29, 1.82) is 0 Å². The molecule has 0 unspecified atom stereocenters. The van der Waals surface area contributed by atoms with E-state index < -0.39 is 0 Å². The summed E-state index contributed by atoms with van der Waals surface area (Å²) in [6, 6.07) is 0.227. The van der Waals surface area contributed by atoms with E-state index in [-0.39, 0.29) is 12.6 Å². The summed E-state index contributed by atoms with van der Waals surface area (Å²) in [6.45, 7) is 3.13. The van der Waals surface area contributed by atoms with Crippen LogP contribution in [0.15, 0.2) is 12.4 Å². The number of rotatable bonds is 2. The SMILES string of the molecule is Cc1nccnc1N1CCC[C@H]1CO. The number of aliphatic hydroxyl groups excluding tert-OH is 1. The normalized spacial score (nSPS) is 21.6. The lowest BCUT2D eigenvalue weighted by Crippen LogP contribution is -2.33. The zero-order valence-electron chi connectivity index (χ0n) is 8.35. The van der Waals surface area contributed by atoms with E-state index in [0.29, 0.717) is 0 Å². The van der Waals surface area contributed by atoms with Crippen molar-refractivity contribution in [1.82, 2.24) is 9.97 Å². The quantitative estimate of drug-likeness (QED) is 0.753. The summed E-state index contributed by atoms with van der Waals surface area (Å²) in [5.41, 5.74) is 0.938. The number of hydrogen-bond acceptors (Lipinski definition) is 4. The van der Waals surface area contributed by atoms with Gasteiger partial charge in [0.25, 0.3) is 0 Å². The van der Waals surface area contributed by atoms with Crippen molar-refractivity contribution in [3.8, 4) is 0 Å². The van der Waals surface area contributed by atoms with Crippen LogP contribution in [0.4, 0.5) is 5.82 Å². The fourth-order valence-corrected chi connectivity index (χ4v) is 1.99. The number of aromatic nitrogens is 2. The molecule has 1 aliphatic heterocycles. The Hall–Kier alpha value is -1.16. The molecule has 0 saturated carbocycles. The van der Waals surface area contributed by atoms with Crippen molar-refractivity contribution in [2.24, 2.45) is 0 Å². The third kappa shape index (κ3) is 1.57. The van der Waals surface area contributed by atoms with Gasteiger partial charge in [-0.2, -0.15) is 0 Å². The first-order valence-corrected chi connectivity index (χ1v) is 4.98. The molecule has 1 aromatic heterocycles. The number of aryl methyl sites for hydroxylation is 1. The lowest BCUT2D eigenvalue weighted by atomic mass is 10.2. The molecule has 1 fully saturated rings. The molecule has 1 aromatic rings. The Kier molecular flexibility index (Phi) is 2.63. The van der Waals surface area contributed by atoms with Gasteiger partial charge in [0.1, 0.15) is 5.82 Å². The summed E-state index contributed by atoms with van der Waals surface area (Å²) in [4.78, 5) is 10.7. The molecule has 0 aliphatic carbocycles. The third-order valence-electron chi connectivity index (χ3n) is 2.72. The van der Waals surface area contributed by atoms with Crippen LogP contribution in [0.3, 0.4) is 0 Å². The van der Waals surface area contributed by atoms with Crippen molar-refractivity contribution in [3.63, 3.8) is 0 Å². The average molecular weight is 193 g/mol. The second kappa shape index (κ2) is 3.92. The van der Waals surface area contributed by atoms with Gasteiger partial charge in [0, 0.05) is 18.9 Å². The van der Waals surface area contributed by atoms with Crippen LogP contribution in [0, 0.1) is 6.92 Å². The van der Waals surface area contributed by atoms with E-state index in [4.69, 9.17) is 0 Å². The maximum atomic E-state index is 9.20. The summed E-state index contributed by atoms with van der Waals surface area (Å²) in [5, 5.41) is 9.20. The van der Waals surface area contributed by atoms with Crippen molar-refractivity contribution >= 4 is 5.82 Å². The van der Waals surface area contributed by atoms with Crippen molar-refractivity contribution < 1.29 is 5.11 Å². The summed E-state index contributed by atoms with van der Waals surface area (Å²) in [7, 11) is 0. The molecule has 4 heteroatoms. The van der Waals surface area contributed by atoms with E-state index in [1.54, 1.807) is 12.4 Å². The maximum Gasteiger partial charge on any atom is 0.150 e. The smallest absolute Gasteiger partial charge is 0.150 e. The largest absolute Gasteiger partial charge is 0.394 e. The van der Waals surface area contributed by atoms with Gasteiger partial charge >= 0.3 is 0 Å². The van der Waals surface area contributed by atoms with Gasteiger partial charge in [0.2, 0.25) is 0 Å². The highest BCUT2D eigenvalue weighted by molar-refractivity contribution is 5.44. The number of hydrogen-bond donors (Lipinski definition) is 1. The molecule has 2 rings (SSSR count). The van der Waals surface area contributed by atoms with Crippen molar-refractivity contribution in [2.75, 3.05) is 18.1 Å². The highest BCUT2D eigenvalue weighted by Gasteiger charge is 2.25. The zero-order valence-corrected chi connectivity index (χ0v) is 8.35. The van der Waals surface area contributed by atoms with E-state index >= 15 is 0 Å². The van der Waals surface area contributed by atoms with E-state index in [1.807, 2.05) is 6.92 Å². The minimum Gasteiger partial charge on any atom is -0.394 e. The Bertz CT molecular complexity index is 316. The number of aliphatic hydroxyl groups is 1. The van der Waals surface area contributed by atoms with Gasteiger partial charge < -0.3 is 10.0 Å². The van der Waals surface area contributed by atoms with E-state index in [2.05, 4.69) is 14.9 Å². The van der Waals surface area contributed by atoms with Crippen LogP contribution >= 0.6 is 0 Å². The Morgan fingerprint density at radius 3 is 3.00 bits per heavy atom. The first-order chi connectivity index (χ1) is 6.83. The van der Waals surface area contributed by atoms with Gasteiger partial charge in [0.15, 0.2) is 0 Å². The molecule has 0 aromatic carbocycles. The molecule has 1 N–H and O–H groups in total. The van der Waals surface area contributed by atoms with Crippen LogP contribution in [0.25, 0.3) is 0 Å². The second-order valence-electron chi connectivity index (χ2n) is 3.64. The predicted octanol–water partition coefficient (Wildman–Crippen LogP) is 0.746. The molecular weight excluding hydrogens is 178 g/mol. The molecule has 14 heavy (non-hydrogen) atoms. The summed E-state index contributed by atoms with van der Waals surface area (Å²) >= 11 is 0. The molecule has 4 nitrogen and oxygen atoms in total. The average Bonchev–Trinajstić information content (AvgIpc) is 2.66. The standard InChI is InChI=1S/C10H15N3O/c1-8-10(12-5-4-11-8)13-6-2-3-9(13)7-14/h4-5,9,14H,2-3,6-7H2,1H3/t9-/m0/s1. The number of anilines is 1. The Morgan fingerprint density at radius 1 is 1.50 bits per heavy atom. The first kappa shape index (κ1) is 9.40. The van der Waals surface area contributed by atoms with Gasteiger partial charge in [0.05, 0.1) is 18.3 Å². The minimum absolute atomic E-state index is 0.204. The zero-order chi connectivity index (χ0) is 9.97. The Balaban J connectivity index is 2.26. The molecule has 0 radical (unpaired) electrons. The molecule has 0 amide bonds. The predicted molar refractivity (Wildman–Crippen MR) is 54.2 cm³/mol. The van der Waals surface area contributed by atoms with Crippen LogP contribution in [-0.4, -0.2) is 34.3 Å². The van der Waals surface area contributed by atoms with E-state index in [0.717, 1.165) is 30.9 Å². The molecule has 1 saturated heterocycles. The van der Waals surface area contributed by atoms with Crippen LogP contribution < -0.4 is 4.90 Å². The molecule has 1 aliphatic rings. The summed E-state index contributed by atoms with van der Waals surface area (Å²) in [6.07, 6.45) is 5.58. The van der Waals surface area contributed by atoms with Gasteiger partial charge in [-0.1, -0.05) is 0 Å². The lowest BCUT2D eigenvalue weighted by molar-refractivity contribution is 0.266. The summed E-state index contributed by atoms with van der Waals surface area (Å²) < 4.78 is 0. The lowest BCUT2D eigenvalue weighted by Gasteiger charge is -2.24. The van der Waals surface area contributed by atoms with Crippen LogP contribution in [-0.2, 0) is 0 Å². The van der Waals surface area contributed by atoms with Gasteiger partial charge in [-0.25, -0.2) is 4.98 Å². The van der Waals surface area contributed by atoms with Crippen LogP contribution in [0.2, 0.25) is 0 Å². The monoisotopic (exact) mass is 193 g/mol. The molecule has 76 valence electrons. The van der Waals surface area contributed by atoms with Gasteiger partial charge in [-0.3, -0.25) is 4.98 Å². The minimum atomic E-state index is 0.204. The number of nitrogens with zero attached hydrogens (tertiary/aromatic N) is 3. The molecule has 0 spiro atoms. The Labute approximate surface area is 83.6 Å². The maximum absolute atomic E-state index is 9.20. The van der Waals surface area contributed by atoms with E-state index in [1.165, 1.54) is 0 Å². The van der Waals surface area contributed by atoms with Crippen molar-refractivity contribution in [2.45, 2.75) is 25.8 Å². The van der Waals surface area contributed by atoms with E-state index in [9.17, 15) is 5.11 Å². The highest BCUT2D eigenvalue weighted by atomic mass is 16.3. The van der Waals surface area contributed by atoms with Gasteiger partial charge in [-0.15, -0.1) is 0 Å². The topological polar surface area (TPSA) is 49.2 Å². The van der Waals surface area contributed by atoms with Crippen LogP contribution in [0.5, 0.6) is 0 Å². The van der Waals surface area contributed by atoms with Crippen molar-refractivity contribution in [3.05, 3.63) is 18.1 Å². The first-order valence-electron chi connectivity index (χ1n) is 4.98. The third-order valence-corrected chi connectivity index (χ3v) is 2.72. The highest BCUT2D eigenvalue weighted by Crippen LogP contribution is 2.24. The Morgan fingerprint density at radius 2 is 2.29 bits per heavy atom. The van der Waals surface area contributed by atoms with Gasteiger partial charge in [-0.05, 0) is 19.8 Å². The molecule has 0 bridgehead atoms. The second-order valence-corrected chi connectivity index (χ2v) is 3.64.